The normalized spacial score (nSPS) is 10.9. The van der Waals surface area contributed by atoms with E-state index in [1.54, 1.807) is 0 Å². The predicted molar refractivity (Wildman–Crippen MR) is 57.7 cm³/mol. The van der Waals surface area contributed by atoms with Gasteiger partial charge in [-0.1, -0.05) is 16.9 Å². The molecule has 7 nitrogen and oxygen atoms in total. The molecule has 2 N–H and O–H groups in total. The van der Waals surface area contributed by atoms with Crippen LogP contribution in [0, 0.1) is 6.92 Å². The molecule has 2 rings (SSSR count). The molecule has 0 aliphatic heterocycles. The smallest absolute Gasteiger partial charge is 0.213 e. The van der Waals surface area contributed by atoms with E-state index in [1.165, 1.54) is 18.2 Å². The molecule has 0 aliphatic carbocycles. The van der Waals surface area contributed by atoms with Gasteiger partial charge in [-0.2, -0.15) is 4.98 Å². The molecule has 0 saturated heterocycles. The van der Waals surface area contributed by atoms with E-state index in [1.807, 2.05) is 11.5 Å². The Hall–Kier alpha value is -1.41. The minimum Gasteiger partial charge on any atom is -0.343 e. The summed E-state index contributed by atoms with van der Waals surface area (Å²) in [6.45, 7) is 3.18. The summed E-state index contributed by atoms with van der Waals surface area (Å²) in [4.78, 5) is 3.93. The third-order valence-corrected chi connectivity index (χ3v) is 2.95. The van der Waals surface area contributed by atoms with Crippen LogP contribution in [-0.4, -0.2) is 31.4 Å². The van der Waals surface area contributed by atoms with Gasteiger partial charge in [0.2, 0.25) is 6.39 Å². The maximum atomic E-state index is 5.52. The van der Waals surface area contributed by atoms with Crippen LogP contribution >= 0.6 is 11.8 Å². The third kappa shape index (κ3) is 2.39. The Bertz CT molecular complexity index is 439. The molecule has 8 heteroatoms. The Morgan fingerprint density at radius 2 is 2.38 bits per heavy atom. The quantitative estimate of drug-likeness (QED) is 0.747. The van der Waals surface area contributed by atoms with Crippen molar-refractivity contribution in [1.29, 1.82) is 0 Å². The summed E-state index contributed by atoms with van der Waals surface area (Å²) in [6.07, 6.45) is 1.31. The van der Waals surface area contributed by atoms with Crippen molar-refractivity contribution < 1.29 is 4.52 Å². The topological polar surface area (TPSA) is 95.6 Å². The number of hydrogen-bond donors (Lipinski definition) is 1. The molecule has 0 saturated carbocycles. The van der Waals surface area contributed by atoms with E-state index in [9.17, 15) is 0 Å². The molecule has 0 fully saturated rings. The Kier molecular flexibility index (Phi) is 3.52. The molecule has 0 radical (unpaired) electrons. The summed E-state index contributed by atoms with van der Waals surface area (Å²) >= 11 is 1.51. The first kappa shape index (κ1) is 11.1. The van der Waals surface area contributed by atoms with Crippen molar-refractivity contribution in [2.45, 2.75) is 24.4 Å². The van der Waals surface area contributed by atoms with Crippen LogP contribution in [0.2, 0.25) is 0 Å². The van der Waals surface area contributed by atoms with Gasteiger partial charge in [0.1, 0.15) is 5.82 Å². The number of nitrogens with zero attached hydrogens (tertiary/aromatic N) is 5. The highest BCUT2D eigenvalue weighted by atomic mass is 32.2. The summed E-state index contributed by atoms with van der Waals surface area (Å²) in [6, 6.07) is 0. The number of thioether (sulfide) groups is 1. The number of nitrogens with two attached hydrogens (primary N) is 1. The van der Waals surface area contributed by atoms with Crippen LogP contribution in [0.15, 0.2) is 16.1 Å². The van der Waals surface area contributed by atoms with E-state index >= 15 is 0 Å². The molecule has 0 aromatic carbocycles. The van der Waals surface area contributed by atoms with Gasteiger partial charge in [-0.3, -0.25) is 0 Å². The summed E-state index contributed by atoms with van der Waals surface area (Å²) in [7, 11) is 0. The fraction of sp³-hybridized carbons (Fsp3) is 0.500. The second kappa shape index (κ2) is 5.08. The number of hydrogen-bond acceptors (Lipinski definition) is 7. The van der Waals surface area contributed by atoms with Crippen molar-refractivity contribution in [2.24, 2.45) is 5.73 Å². The minimum absolute atomic E-state index is 0.564. The van der Waals surface area contributed by atoms with Gasteiger partial charge in [-0.05, 0) is 6.92 Å². The fourth-order valence-corrected chi connectivity index (χ4v) is 2.10. The Morgan fingerprint density at radius 3 is 3.06 bits per heavy atom. The predicted octanol–water partition coefficient (Wildman–Crippen LogP) is 0.221. The van der Waals surface area contributed by atoms with Gasteiger partial charge < -0.3 is 14.8 Å². The van der Waals surface area contributed by atoms with Crippen LogP contribution < -0.4 is 5.73 Å². The highest BCUT2D eigenvalue weighted by molar-refractivity contribution is 7.98. The van der Waals surface area contributed by atoms with E-state index in [-0.39, 0.29) is 0 Å². The lowest BCUT2D eigenvalue weighted by molar-refractivity contribution is 0.412. The van der Waals surface area contributed by atoms with E-state index < -0.39 is 0 Å². The summed E-state index contributed by atoms with van der Waals surface area (Å²) in [5.41, 5.74) is 5.52. The molecule has 0 bridgehead atoms. The standard InChI is InChI=1S/C8H12N6OS/c1-6-11-12-8(14(6)3-2-9)16-4-7-10-5-15-13-7/h5H,2-4,9H2,1H3. The van der Waals surface area contributed by atoms with Crippen molar-refractivity contribution >= 4 is 11.8 Å². The van der Waals surface area contributed by atoms with E-state index in [0.29, 0.717) is 24.7 Å². The van der Waals surface area contributed by atoms with Gasteiger partial charge in [0.25, 0.3) is 0 Å². The number of aryl methyl sites for hydroxylation is 1. The maximum Gasteiger partial charge on any atom is 0.213 e. The lowest BCUT2D eigenvalue weighted by Crippen LogP contribution is -2.12. The molecular formula is C8H12N6OS. The van der Waals surface area contributed by atoms with Crippen molar-refractivity contribution in [3.05, 3.63) is 18.0 Å². The largest absolute Gasteiger partial charge is 0.343 e. The van der Waals surface area contributed by atoms with Crippen molar-refractivity contribution in [3.8, 4) is 0 Å². The maximum absolute atomic E-state index is 5.52. The molecule has 2 aromatic heterocycles. The van der Waals surface area contributed by atoms with Crippen LogP contribution in [0.1, 0.15) is 11.6 Å². The Morgan fingerprint density at radius 1 is 1.50 bits per heavy atom. The van der Waals surface area contributed by atoms with E-state index in [0.717, 1.165) is 11.0 Å². The second-order valence-electron chi connectivity index (χ2n) is 3.11. The molecule has 0 unspecified atom stereocenters. The van der Waals surface area contributed by atoms with Gasteiger partial charge in [0, 0.05) is 13.1 Å². The average Bonchev–Trinajstić information content (AvgIpc) is 2.89. The van der Waals surface area contributed by atoms with Crippen LogP contribution in [0.5, 0.6) is 0 Å². The highest BCUT2D eigenvalue weighted by Gasteiger charge is 2.09. The van der Waals surface area contributed by atoms with E-state index in [4.69, 9.17) is 5.73 Å². The van der Waals surface area contributed by atoms with Crippen LogP contribution in [0.4, 0.5) is 0 Å². The number of aromatic nitrogens is 5. The van der Waals surface area contributed by atoms with Crippen LogP contribution in [0.25, 0.3) is 0 Å². The minimum atomic E-state index is 0.564. The molecule has 16 heavy (non-hydrogen) atoms. The molecule has 0 atom stereocenters. The molecule has 0 aliphatic rings. The molecule has 0 spiro atoms. The van der Waals surface area contributed by atoms with Gasteiger partial charge in [-0.15, -0.1) is 10.2 Å². The number of rotatable bonds is 5. The summed E-state index contributed by atoms with van der Waals surface area (Å²) < 4.78 is 6.63. The molecule has 86 valence electrons. The first-order valence-corrected chi connectivity index (χ1v) is 5.77. The zero-order valence-electron chi connectivity index (χ0n) is 8.83. The third-order valence-electron chi connectivity index (χ3n) is 1.99. The first-order valence-electron chi connectivity index (χ1n) is 4.79. The molecule has 0 amide bonds. The lowest BCUT2D eigenvalue weighted by Gasteiger charge is -2.04. The van der Waals surface area contributed by atoms with Gasteiger partial charge in [0.05, 0.1) is 5.75 Å². The fourth-order valence-electron chi connectivity index (χ4n) is 1.24. The van der Waals surface area contributed by atoms with Crippen molar-refractivity contribution in [3.63, 3.8) is 0 Å². The van der Waals surface area contributed by atoms with Gasteiger partial charge >= 0.3 is 0 Å². The van der Waals surface area contributed by atoms with Crippen molar-refractivity contribution in [1.82, 2.24) is 24.9 Å². The summed E-state index contributed by atoms with van der Waals surface area (Å²) in [5, 5.41) is 12.6. The first-order chi connectivity index (χ1) is 7.81. The van der Waals surface area contributed by atoms with E-state index in [2.05, 4.69) is 24.9 Å². The molecule has 2 heterocycles. The highest BCUT2D eigenvalue weighted by Crippen LogP contribution is 2.19. The zero-order chi connectivity index (χ0) is 11.4. The molecule has 2 aromatic rings. The monoisotopic (exact) mass is 240 g/mol. The van der Waals surface area contributed by atoms with Crippen LogP contribution in [0.3, 0.4) is 0 Å². The SMILES string of the molecule is Cc1nnc(SCc2ncon2)n1CCN. The Balaban J connectivity index is 2.03. The van der Waals surface area contributed by atoms with Crippen molar-refractivity contribution in [2.75, 3.05) is 6.54 Å². The summed E-state index contributed by atoms with van der Waals surface area (Å²) in [5.74, 6) is 2.12. The zero-order valence-corrected chi connectivity index (χ0v) is 9.65. The lowest BCUT2D eigenvalue weighted by atomic mass is 10.6. The van der Waals surface area contributed by atoms with Gasteiger partial charge in [-0.25, -0.2) is 0 Å². The second-order valence-corrected chi connectivity index (χ2v) is 4.05. The van der Waals surface area contributed by atoms with Crippen LogP contribution in [-0.2, 0) is 12.3 Å². The average molecular weight is 240 g/mol. The van der Waals surface area contributed by atoms with Gasteiger partial charge in [0.15, 0.2) is 11.0 Å². The molecular weight excluding hydrogens is 228 g/mol. The Labute approximate surface area is 96.4 Å².